The Hall–Kier alpha value is -6.33. The quantitative estimate of drug-likeness (QED) is 0.160. The topological polar surface area (TPSA) is 75.4 Å². The lowest BCUT2D eigenvalue weighted by molar-refractivity contribution is 0.388. The van der Waals surface area contributed by atoms with Crippen LogP contribution in [-0.4, -0.2) is 17.2 Å². The van der Waals surface area contributed by atoms with Gasteiger partial charge in [-0.25, -0.2) is 0 Å². The first-order chi connectivity index (χ1) is 24.2. The Labute approximate surface area is 285 Å². The van der Waals surface area contributed by atoms with Crippen molar-refractivity contribution in [1.82, 2.24) is 10.3 Å². The highest BCUT2D eigenvalue weighted by Crippen LogP contribution is 2.60. The predicted octanol–water partition coefficient (Wildman–Crippen LogP) is 8.75. The fraction of sp³-hybridized carbons (Fsp3) is 0.0682. The lowest BCUT2D eigenvalue weighted by Gasteiger charge is -2.40. The van der Waals surface area contributed by atoms with E-state index in [0.29, 0.717) is 18.8 Å². The van der Waals surface area contributed by atoms with Crippen LogP contribution in [0.1, 0.15) is 33.5 Å². The maximum atomic E-state index is 6.52. The number of fused-ring (bicyclic) bond motifs is 8. The second kappa shape index (κ2) is 11.7. The molecular formula is C44H34N4O. The van der Waals surface area contributed by atoms with Crippen molar-refractivity contribution in [2.45, 2.75) is 12.0 Å². The lowest BCUT2D eigenvalue weighted by atomic mass is 9.67. The Kier molecular flexibility index (Phi) is 6.91. The summed E-state index contributed by atoms with van der Waals surface area (Å²) in [7, 11) is 0. The predicted molar refractivity (Wildman–Crippen MR) is 198 cm³/mol. The van der Waals surface area contributed by atoms with E-state index < -0.39 is 5.41 Å². The minimum Gasteiger partial charge on any atom is -0.455 e. The number of nitrogens with one attached hydrogen (secondary N) is 2. The summed E-state index contributed by atoms with van der Waals surface area (Å²) in [4.78, 5) is 8.63. The van der Waals surface area contributed by atoms with Gasteiger partial charge in [0.2, 0.25) is 0 Å². The summed E-state index contributed by atoms with van der Waals surface area (Å²) in [5, 5.41) is 3.47. The largest absolute Gasteiger partial charge is 0.455 e. The van der Waals surface area contributed by atoms with Crippen molar-refractivity contribution in [3.63, 3.8) is 0 Å². The summed E-state index contributed by atoms with van der Waals surface area (Å²) in [6.45, 7) is 1.24. The molecule has 1 unspecified atom stereocenters. The van der Waals surface area contributed by atoms with E-state index in [-0.39, 0.29) is 0 Å². The van der Waals surface area contributed by atoms with Crippen LogP contribution >= 0.6 is 0 Å². The fourth-order valence-electron chi connectivity index (χ4n) is 7.62. The molecule has 0 amide bonds. The molecule has 0 saturated carbocycles. The molecule has 3 heterocycles. The highest BCUT2D eigenvalue weighted by Gasteiger charge is 2.53. The van der Waals surface area contributed by atoms with E-state index in [1.165, 1.54) is 33.4 Å². The van der Waals surface area contributed by atoms with E-state index >= 15 is 0 Å². The number of aliphatic imine (C=N–C) groups is 1. The number of aromatic amines is 1. The van der Waals surface area contributed by atoms with Gasteiger partial charge in [-0.2, -0.15) is 0 Å². The van der Waals surface area contributed by atoms with Crippen LogP contribution in [-0.2, 0) is 12.0 Å². The van der Waals surface area contributed by atoms with Gasteiger partial charge in [-0.15, -0.1) is 0 Å². The smallest absolute Gasteiger partial charge is 0.149 e. The van der Waals surface area contributed by atoms with Crippen molar-refractivity contribution in [2.75, 3.05) is 6.54 Å². The van der Waals surface area contributed by atoms with Gasteiger partial charge < -0.3 is 20.8 Å². The Morgan fingerprint density at radius 1 is 0.755 bits per heavy atom. The number of nitrogens with zero attached hydrogens (tertiary/aromatic N) is 1. The van der Waals surface area contributed by atoms with Crippen LogP contribution in [0.25, 0.3) is 28.0 Å². The monoisotopic (exact) mass is 634 g/mol. The average Bonchev–Trinajstić information content (AvgIpc) is 3.76. The van der Waals surface area contributed by atoms with Gasteiger partial charge in [-0.3, -0.25) is 4.99 Å². The number of hydrogen-bond donors (Lipinski definition) is 3. The van der Waals surface area contributed by atoms with Crippen LogP contribution < -0.4 is 15.8 Å². The van der Waals surface area contributed by atoms with Crippen molar-refractivity contribution in [3.8, 4) is 28.0 Å². The van der Waals surface area contributed by atoms with E-state index in [1.54, 1.807) is 0 Å². The third-order valence-corrected chi connectivity index (χ3v) is 9.92. The number of H-pyrrole nitrogens is 1. The van der Waals surface area contributed by atoms with Crippen LogP contribution in [0.5, 0.6) is 5.75 Å². The Bertz CT molecular complexity index is 2330. The first-order valence-electron chi connectivity index (χ1n) is 16.7. The molecule has 9 rings (SSSR count). The third kappa shape index (κ3) is 4.74. The Morgan fingerprint density at radius 2 is 1.47 bits per heavy atom. The zero-order chi connectivity index (χ0) is 32.8. The number of benzene rings is 5. The zero-order valence-electron chi connectivity index (χ0n) is 26.9. The van der Waals surface area contributed by atoms with Gasteiger partial charge in [0.1, 0.15) is 11.5 Å². The van der Waals surface area contributed by atoms with Crippen LogP contribution in [0.4, 0.5) is 0 Å². The average molecular weight is 635 g/mol. The number of aromatic nitrogens is 1. The molecule has 0 radical (unpaired) electrons. The molecule has 5 nitrogen and oxygen atoms in total. The number of dihydropyridines is 1. The third-order valence-electron chi connectivity index (χ3n) is 9.92. The van der Waals surface area contributed by atoms with Crippen LogP contribution in [0, 0.1) is 0 Å². The van der Waals surface area contributed by atoms with Gasteiger partial charge >= 0.3 is 0 Å². The number of hydrogen-bond acceptors (Lipinski definition) is 4. The first-order valence-corrected chi connectivity index (χ1v) is 16.7. The maximum Gasteiger partial charge on any atom is 0.149 e. The molecule has 1 atom stereocenters. The molecule has 1 aromatic heterocycles. The molecule has 0 saturated heterocycles. The Morgan fingerprint density at radius 3 is 2.29 bits per heavy atom. The lowest BCUT2D eigenvalue weighted by Crippen LogP contribution is -2.39. The van der Waals surface area contributed by atoms with Gasteiger partial charge in [0, 0.05) is 30.2 Å². The summed E-state index contributed by atoms with van der Waals surface area (Å²) < 4.78 is 6.43. The van der Waals surface area contributed by atoms with Gasteiger partial charge in [0.05, 0.1) is 23.4 Å². The molecule has 236 valence electrons. The van der Waals surface area contributed by atoms with E-state index in [0.717, 1.165) is 45.2 Å². The highest BCUT2D eigenvalue weighted by molar-refractivity contribution is 6.12. The Balaban J connectivity index is 1.08. The van der Waals surface area contributed by atoms with Crippen molar-refractivity contribution >= 4 is 11.4 Å². The molecular weight excluding hydrogens is 601 g/mol. The van der Waals surface area contributed by atoms with Gasteiger partial charge in [-0.05, 0) is 74.4 Å². The molecule has 0 fully saturated rings. The van der Waals surface area contributed by atoms with Crippen molar-refractivity contribution in [1.29, 1.82) is 0 Å². The van der Waals surface area contributed by atoms with Crippen LogP contribution in [0.3, 0.4) is 0 Å². The summed E-state index contributed by atoms with van der Waals surface area (Å²) in [6.07, 6.45) is 7.99. The van der Waals surface area contributed by atoms with Crippen molar-refractivity contribution in [3.05, 3.63) is 203 Å². The number of ether oxygens (including phenoxy) is 1. The second-order valence-electron chi connectivity index (χ2n) is 12.7. The second-order valence-corrected chi connectivity index (χ2v) is 12.7. The summed E-state index contributed by atoms with van der Waals surface area (Å²) >= 11 is 0. The maximum absolute atomic E-state index is 6.52. The molecule has 6 aromatic rings. The molecule has 49 heavy (non-hydrogen) atoms. The number of rotatable bonds is 6. The highest BCUT2D eigenvalue weighted by atomic mass is 16.5. The normalized spacial score (nSPS) is 17.6. The van der Waals surface area contributed by atoms with Crippen LogP contribution in [0.15, 0.2) is 174 Å². The summed E-state index contributed by atoms with van der Waals surface area (Å²) in [5.74, 6) is 1.79. The molecule has 2 aliphatic heterocycles. The minimum atomic E-state index is -0.482. The van der Waals surface area contributed by atoms with E-state index in [1.807, 2.05) is 73.1 Å². The van der Waals surface area contributed by atoms with Gasteiger partial charge in [0.15, 0.2) is 0 Å². The van der Waals surface area contributed by atoms with Gasteiger partial charge in [-0.1, -0.05) is 121 Å². The molecule has 5 aromatic carbocycles. The summed E-state index contributed by atoms with van der Waals surface area (Å²) in [5.41, 5.74) is 20.4. The molecule has 0 bridgehead atoms. The minimum absolute atomic E-state index is 0.482. The van der Waals surface area contributed by atoms with E-state index in [4.69, 9.17) is 15.5 Å². The molecule has 1 aliphatic carbocycles. The number of nitrogens with two attached hydrogens (primary N) is 1. The molecule has 1 spiro atoms. The molecule has 3 aliphatic rings. The van der Waals surface area contributed by atoms with Gasteiger partial charge in [0.25, 0.3) is 0 Å². The number of allylic oxidation sites excluding steroid dienone is 2. The van der Waals surface area contributed by atoms with E-state index in [9.17, 15) is 0 Å². The molecule has 4 N–H and O–H groups in total. The fourth-order valence-corrected chi connectivity index (χ4v) is 7.62. The zero-order valence-corrected chi connectivity index (χ0v) is 26.9. The summed E-state index contributed by atoms with van der Waals surface area (Å²) in [6, 6.07) is 46.8. The standard InChI is InChI=1S/C44H34N4O/c45-39(31-9-3-1-4-10-31)26-40(32-11-5-2-6-12-32)48-27-29-15-17-30(18-16-29)33-19-20-35-34-13-7-8-14-36(34)44(37(35)25-33)38-28-46-23-21-41(38)49-42-22-24-47-43(42)44/h1-26,46-47H,27-28,45H2/b39-26-,48-40+. The van der Waals surface area contributed by atoms with E-state index in [2.05, 4.69) is 95.2 Å². The van der Waals surface area contributed by atoms with Crippen molar-refractivity contribution in [2.24, 2.45) is 10.7 Å². The van der Waals surface area contributed by atoms with Crippen molar-refractivity contribution < 1.29 is 4.74 Å². The SMILES string of the molecule is N/C(=C\C(=N/Cc1ccc(-c2ccc3c(c2)C2(C4=C(C=CNC4)Oc4cc[nH]c42)c2ccccc2-3)cc1)c1ccccc1)c1ccccc1. The first kappa shape index (κ1) is 28.9. The molecule has 5 heteroatoms. The van der Waals surface area contributed by atoms with Crippen LogP contribution in [0.2, 0.25) is 0 Å².